The summed E-state index contributed by atoms with van der Waals surface area (Å²) in [7, 11) is 2.10. The number of hydrogen-bond donors (Lipinski definition) is 0. The Bertz CT molecular complexity index is 50.0. The molecule has 0 bridgehead atoms. The maximum absolute atomic E-state index is 3.05. The van der Waals surface area contributed by atoms with Crippen LogP contribution in [0, 0.1) is 0 Å². The van der Waals surface area contributed by atoms with E-state index in [-0.39, 0.29) is 0 Å². The van der Waals surface area contributed by atoms with Gasteiger partial charge in [-0.05, 0) is 0 Å². The Balaban J connectivity index is 2.12. The first-order valence-electron chi connectivity index (χ1n) is 2.56. The van der Waals surface area contributed by atoms with Gasteiger partial charge in [-0.1, -0.05) is 0 Å². The topological polar surface area (TPSA) is 2.70 Å². The van der Waals surface area contributed by atoms with Gasteiger partial charge in [-0.15, -0.1) is 11.8 Å². The molecule has 7 heavy (non-hydrogen) atoms. The summed E-state index contributed by atoms with van der Waals surface area (Å²) in [5, 5.41) is 0. The van der Waals surface area contributed by atoms with Gasteiger partial charge in [-0.3, -0.25) is 0 Å². The lowest BCUT2D eigenvalue weighted by atomic mass is 10.7. The lowest BCUT2D eigenvalue weighted by Gasteiger charge is -2.17. The summed E-state index contributed by atoms with van der Waals surface area (Å²) in [4.78, 5) is 0. The van der Waals surface area contributed by atoms with E-state index in [2.05, 4.69) is 11.5 Å². The van der Waals surface area contributed by atoms with E-state index in [1.54, 1.807) is 0 Å². The molecule has 0 saturated carbocycles. The summed E-state index contributed by atoms with van der Waals surface area (Å²) in [5.74, 6) is 2.59. The molecular formula is C5H11OS+. The average molecular weight is 119 g/mol. The number of rotatable bonds is 0. The number of thioether (sulfide) groups is 1. The second-order valence-corrected chi connectivity index (χ2v) is 3.03. The molecule has 42 valence electrons. The Labute approximate surface area is 48.7 Å². The zero-order valence-electron chi connectivity index (χ0n) is 4.64. The Morgan fingerprint density at radius 3 is 2.14 bits per heavy atom. The molecule has 0 aromatic rings. The van der Waals surface area contributed by atoms with Crippen LogP contribution in [0.15, 0.2) is 0 Å². The normalized spacial score (nSPS) is 25.3. The van der Waals surface area contributed by atoms with Crippen LogP contribution in [-0.2, 0) is 4.37 Å². The molecule has 0 aromatic carbocycles. The van der Waals surface area contributed by atoms with Crippen molar-refractivity contribution in [2.45, 2.75) is 0 Å². The van der Waals surface area contributed by atoms with Crippen LogP contribution in [0.3, 0.4) is 0 Å². The first kappa shape index (κ1) is 5.45. The van der Waals surface area contributed by atoms with E-state index >= 15 is 0 Å². The smallest absolute Gasteiger partial charge is 0.154 e. The van der Waals surface area contributed by atoms with Gasteiger partial charge >= 0.3 is 0 Å². The molecule has 0 amide bonds. The Kier molecular flexibility index (Phi) is 2.00. The van der Waals surface area contributed by atoms with Crippen LogP contribution < -0.4 is 0 Å². The van der Waals surface area contributed by atoms with Gasteiger partial charge in [-0.25, -0.2) is 0 Å². The van der Waals surface area contributed by atoms with Gasteiger partial charge in [0, 0.05) is 0 Å². The van der Waals surface area contributed by atoms with E-state index in [1.165, 1.54) is 24.7 Å². The molecule has 1 nitrogen and oxygen atoms in total. The van der Waals surface area contributed by atoms with Crippen LogP contribution in [-0.4, -0.2) is 31.8 Å². The minimum Gasteiger partial charge on any atom is -0.423 e. The molecule has 1 saturated heterocycles. The zero-order chi connectivity index (χ0) is 5.11. The van der Waals surface area contributed by atoms with Crippen LogP contribution in [0.1, 0.15) is 0 Å². The lowest BCUT2D eigenvalue weighted by molar-refractivity contribution is -0.0834. The summed E-state index contributed by atoms with van der Waals surface area (Å²) in [6, 6.07) is 0. The van der Waals surface area contributed by atoms with E-state index < -0.39 is 0 Å². The summed E-state index contributed by atoms with van der Waals surface area (Å²) < 4.78 is 3.05. The molecule has 1 aliphatic heterocycles. The second kappa shape index (κ2) is 2.58. The summed E-state index contributed by atoms with van der Waals surface area (Å²) >= 11 is 2.04. The molecule has 1 aliphatic rings. The fourth-order valence-electron chi connectivity index (χ4n) is 0.606. The highest BCUT2D eigenvalue weighted by atomic mass is 32.2. The fourth-order valence-corrected chi connectivity index (χ4v) is 1.62. The summed E-state index contributed by atoms with van der Waals surface area (Å²) in [6.07, 6.45) is 0. The molecule has 1 fully saturated rings. The highest BCUT2D eigenvalue weighted by Crippen LogP contribution is 2.09. The highest BCUT2D eigenvalue weighted by Gasteiger charge is 2.07. The summed E-state index contributed by atoms with van der Waals surface area (Å²) in [5.41, 5.74) is 0. The van der Waals surface area contributed by atoms with Gasteiger partial charge in [0.25, 0.3) is 0 Å². The Morgan fingerprint density at radius 2 is 1.86 bits per heavy atom. The molecule has 1 rings (SSSR count). The zero-order valence-corrected chi connectivity index (χ0v) is 5.46. The van der Waals surface area contributed by atoms with E-state index in [1.807, 2.05) is 11.8 Å². The molecule has 0 aromatic heterocycles. The lowest BCUT2D eigenvalue weighted by Crippen LogP contribution is -2.20. The predicted molar refractivity (Wildman–Crippen MR) is 34.1 cm³/mol. The average Bonchev–Trinajstić information content (AvgIpc) is 1.69. The van der Waals surface area contributed by atoms with Crippen LogP contribution in [0.5, 0.6) is 0 Å². The largest absolute Gasteiger partial charge is 0.423 e. The van der Waals surface area contributed by atoms with E-state index in [0.29, 0.717) is 0 Å². The minimum atomic E-state index is 1.20. The van der Waals surface area contributed by atoms with Crippen molar-refractivity contribution in [3.8, 4) is 0 Å². The highest BCUT2D eigenvalue weighted by molar-refractivity contribution is 7.99. The third-order valence-corrected chi connectivity index (χ3v) is 2.06. The second-order valence-electron chi connectivity index (χ2n) is 1.80. The molecule has 0 spiro atoms. The minimum absolute atomic E-state index is 1.20. The fraction of sp³-hybridized carbons (Fsp3) is 1.00. The van der Waals surface area contributed by atoms with Crippen LogP contribution in [0.2, 0.25) is 0 Å². The van der Waals surface area contributed by atoms with Gasteiger partial charge in [0.05, 0.1) is 11.5 Å². The van der Waals surface area contributed by atoms with Crippen molar-refractivity contribution in [1.82, 2.24) is 0 Å². The van der Waals surface area contributed by atoms with Crippen molar-refractivity contribution in [3.63, 3.8) is 0 Å². The van der Waals surface area contributed by atoms with Gasteiger partial charge < -0.3 is 4.37 Å². The van der Waals surface area contributed by atoms with Crippen LogP contribution in [0.25, 0.3) is 0 Å². The van der Waals surface area contributed by atoms with Gasteiger partial charge in [0.1, 0.15) is 7.11 Å². The number of hydrogen-bond acceptors (Lipinski definition) is 1. The third-order valence-electron chi connectivity index (χ3n) is 1.15. The molecule has 0 aliphatic carbocycles. The molecule has 2 heteroatoms. The monoisotopic (exact) mass is 119 g/mol. The molecule has 0 radical (unpaired) electrons. The Hall–Kier alpha value is 0.310. The van der Waals surface area contributed by atoms with Crippen LogP contribution in [0.4, 0.5) is 0 Å². The van der Waals surface area contributed by atoms with Crippen molar-refractivity contribution in [3.05, 3.63) is 0 Å². The van der Waals surface area contributed by atoms with Crippen LogP contribution >= 0.6 is 11.8 Å². The quantitative estimate of drug-likeness (QED) is 0.428. The molecular weight excluding hydrogens is 108 g/mol. The van der Waals surface area contributed by atoms with Crippen molar-refractivity contribution in [1.29, 1.82) is 0 Å². The molecule has 0 atom stereocenters. The van der Waals surface area contributed by atoms with Gasteiger partial charge in [0.2, 0.25) is 0 Å². The summed E-state index contributed by atoms with van der Waals surface area (Å²) in [6.45, 7) is 2.40. The van der Waals surface area contributed by atoms with E-state index in [9.17, 15) is 0 Å². The van der Waals surface area contributed by atoms with E-state index in [4.69, 9.17) is 0 Å². The molecule has 0 N–H and O–H groups in total. The standard InChI is InChI=1S/C5H11OS/c1-6-2-4-7-5-3-6/h2-5H2,1H3/q+1. The van der Waals surface area contributed by atoms with Gasteiger partial charge in [-0.2, -0.15) is 0 Å². The van der Waals surface area contributed by atoms with Crippen molar-refractivity contribution < 1.29 is 4.37 Å². The molecule has 0 unspecified atom stereocenters. The maximum Gasteiger partial charge on any atom is 0.154 e. The SMILES string of the molecule is C[O+]1CCSCC1. The maximum atomic E-state index is 3.05. The van der Waals surface area contributed by atoms with E-state index in [0.717, 1.165) is 0 Å². The third kappa shape index (κ3) is 1.70. The first-order valence-corrected chi connectivity index (χ1v) is 3.72. The van der Waals surface area contributed by atoms with Crippen molar-refractivity contribution >= 4 is 11.8 Å². The van der Waals surface area contributed by atoms with Crippen molar-refractivity contribution in [2.75, 3.05) is 31.8 Å². The van der Waals surface area contributed by atoms with Gasteiger partial charge in [0.15, 0.2) is 13.2 Å². The molecule has 1 heterocycles. The Morgan fingerprint density at radius 1 is 1.29 bits per heavy atom. The van der Waals surface area contributed by atoms with Crippen molar-refractivity contribution in [2.24, 2.45) is 0 Å². The predicted octanol–water partition coefficient (Wildman–Crippen LogP) is 0.915. The first-order chi connectivity index (χ1) is 3.39.